The normalized spacial score (nSPS) is 23.2. The van der Waals surface area contributed by atoms with Crippen LogP contribution in [0.4, 0.5) is 4.79 Å². The Balaban J connectivity index is 1.65. The van der Waals surface area contributed by atoms with E-state index in [1.54, 1.807) is 0 Å². The molecule has 104 valence electrons. The molecular formula is C14H27N3O. The van der Waals surface area contributed by atoms with Crippen LogP contribution >= 0.6 is 0 Å². The first-order chi connectivity index (χ1) is 8.79. The van der Waals surface area contributed by atoms with Crippen LogP contribution in [0.25, 0.3) is 0 Å². The largest absolute Gasteiger partial charge is 0.338 e. The van der Waals surface area contributed by atoms with E-state index in [2.05, 4.69) is 22.5 Å². The number of urea groups is 1. The second kappa shape index (κ2) is 6.98. The number of nitrogens with one attached hydrogen (secondary N) is 2. The maximum absolute atomic E-state index is 11.6. The second-order valence-corrected chi connectivity index (χ2v) is 5.65. The van der Waals surface area contributed by atoms with E-state index in [1.807, 2.05) is 0 Å². The van der Waals surface area contributed by atoms with E-state index in [0.29, 0.717) is 6.04 Å². The highest BCUT2D eigenvalue weighted by atomic mass is 16.2. The fraction of sp³-hybridized carbons (Fsp3) is 0.929. The number of nitrogens with zero attached hydrogens (tertiary/aromatic N) is 1. The van der Waals surface area contributed by atoms with Crippen LogP contribution < -0.4 is 10.6 Å². The molecule has 0 spiro atoms. The molecular weight excluding hydrogens is 226 g/mol. The molecule has 0 aromatic rings. The Morgan fingerprint density at radius 1 is 1.17 bits per heavy atom. The third kappa shape index (κ3) is 3.87. The molecule has 1 saturated heterocycles. The van der Waals surface area contributed by atoms with Crippen molar-refractivity contribution < 1.29 is 4.79 Å². The van der Waals surface area contributed by atoms with E-state index in [1.165, 1.54) is 25.7 Å². The molecule has 18 heavy (non-hydrogen) atoms. The van der Waals surface area contributed by atoms with Crippen LogP contribution in [0, 0.1) is 0 Å². The molecule has 1 heterocycles. The van der Waals surface area contributed by atoms with Gasteiger partial charge >= 0.3 is 6.03 Å². The SMILES string of the molecule is CCCNC(=O)NC1CCN(C2CCCC2)CC1. The molecule has 2 aliphatic rings. The molecule has 0 aromatic heterocycles. The Bertz CT molecular complexity index is 256. The number of piperidine rings is 1. The Hall–Kier alpha value is -0.770. The molecule has 2 amide bonds. The van der Waals surface area contributed by atoms with E-state index >= 15 is 0 Å². The van der Waals surface area contributed by atoms with Crippen molar-refractivity contribution >= 4 is 6.03 Å². The van der Waals surface area contributed by atoms with Gasteiger partial charge in [-0.15, -0.1) is 0 Å². The van der Waals surface area contributed by atoms with Gasteiger partial charge in [0.05, 0.1) is 0 Å². The van der Waals surface area contributed by atoms with Crippen LogP contribution in [-0.4, -0.2) is 42.6 Å². The number of likely N-dealkylation sites (tertiary alicyclic amines) is 1. The molecule has 2 fully saturated rings. The van der Waals surface area contributed by atoms with Gasteiger partial charge in [0, 0.05) is 31.7 Å². The molecule has 0 atom stereocenters. The zero-order valence-electron chi connectivity index (χ0n) is 11.6. The smallest absolute Gasteiger partial charge is 0.315 e. The molecule has 0 unspecified atom stereocenters. The summed E-state index contributed by atoms with van der Waals surface area (Å²) in [5, 5.41) is 5.97. The Morgan fingerprint density at radius 2 is 1.83 bits per heavy atom. The molecule has 1 aliphatic heterocycles. The average molecular weight is 253 g/mol. The number of rotatable bonds is 4. The summed E-state index contributed by atoms with van der Waals surface area (Å²) in [5.41, 5.74) is 0. The van der Waals surface area contributed by atoms with Crippen LogP contribution in [0.2, 0.25) is 0 Å². The number of amides is 2. The lowest BCUT2D eigenvalue weighted by atomic mass is 10.0. The zero-order valence-corrected chi connectivity index (χ0v) is 11.6. The fourth-order valence-corrected chi connectivity index (χ4v) is 3.15. The van der Waals surface area contributed by atoms with Crippen LogP contribution in [0.1, 0.15) is 51.9 Å². The predicted molar refractivity (Wildman–Crippen MR) is 73.7 cm³/mol. The minimum Gasteiger partial charge on any atom is -0.338 e. The molecule has 2 N–H and O–H groups in total. The predicted octanol–water partition coefficient (Wildman–Crippen LogP) is 2.10. The first kappa shape index (κ1) is 13.7. The highest BCUT2D eigenvalue weighted by molar-refractivity contribution is 5.74. The summed E-state index contributed by atoms with van der Waals surface area (Å²) in [4.78, 5) is 14.2. The van der Waals surface area contributed by atoms with E-state index in [0.717, 1.165) is 44.9 Å². The lowest BCUT2D eigenvalue weighted by molar-refractivity contribution is 0.146. The Kier molecular flexibility index (Phi) is 5.29. The third-order valence-corrected chi connectivity index (χ3v) is 4.24. The maximum atomic E-state index is 11.6. The van der Waals surface area contributed by atoms with Gasteiger partial charge in [0.1, 0.15) is 0 Å². The summed E-state index contributed by atoms with van der Waals surface area (Å²) < 4.78 is 0. The van der Waals surface area contributed by atoms with Crippen molar-refractivity contribution in [1.29, 1.82) is 0 Å². The van der Waals surface area contributed by atoms with Gasteiger partial charge in [0.25, 0.3) is 0 Å². The molecule has 4 nitrogen and oxygen atoms in total. The van der Waals surface area contributed by atoms with E-state index in [9.17, 15) is 4.79 Å². The van der Waals surface area contributed by atoms with Crippen molar-refractivity contribution in [1.82, 2.24) is 15.5 Å². The number of hydrogen-bond acceptors (Lipinski definition) is 2. The summed E-state index contributed by atoms with van der Waals surface area (Å²) in [6.45, 7) is 5.15. The lowest BCUT2D eigenvalue weighted by Crippen LogP contribution is -2.49. The summed E-state index contributed by atoms with van der Waals surface area (Å²) in [5.74, 6) is 0. The molecule has 0 radical (unpaired) electrons. The molecule has 4 heteroatoms. The van der Waals surface area contributed by atoms with Crippen molar-refractivity contribution in [2.45, 2.75) is 64.0 Å². The van der Waals surface area contributed by atoms with E-state index in [4.69, 9.17) is 0 Å². The van der Waals surface area contributed by atoms with Crippen molar-refractivity contribution in [3.05, 3.63) is 0 Å². The molecule has 0 aromatic carbocycles. The summed E-state index contributed by atoms with van der Waals surface area (Å²) in [7, 11) is 0. The summed E-state index contributed by atoms with van der Waals surface area (Å²) in [6, 6.07) is 1.22. The maximum Gasteiger partial charge on any atom is 0.315 e. The number of carbonyl (C=O) groups is 1. The standard InChI is InChI=1S/C14H27N3O/c1-2-9-15-14(18)16-12-7-10-17(11-8-12)13-5-3-4-6-13/h12-13H,2-11H2,1H3,(H2,15,16,18). The van der Waals surface area contributed by atoms with Crippen LogP contribution in [0.15, 0.2) is 0 Å². The lowest BCUT2D eigenvalue weighted by Gasteiger charge is -2.36. The molecule has 1 saturated carbocycles. The van der Waals surface area contributed by atoms with Gasteiger partial charge in [-0.25, -0.2) is 4.79 Å². The molecule has 0 bridgehead atoms. The van der Waals surface area contributed by atoms with Gasteiger partial charge in [-0.2, -0.15) is 0 Å². The zero-order chi connectivity index (χ0) is 12.8. The van der Waals surface area contributed by atoms with Gasteiger partial charge < -0.3 is 15.5 Å². The van der Waals surface area contributed by atoms with Gasteiger partial charge in [-0.1, -0.05) is 19.8 Å². The summed E-state index contributed by atoms with van der Waals surface area (Å²) >= 11 is 0. The molecule has 2 rings (SSSR count). The van der Waals surface area contributed by atoms with Crippen molar-refractivity contribution in [3.63, 3.8) is 0 Å². The van der Waals surface area contributed by atoms with Crippen LogP contribution in [-0.2, 0) is 0 Å². The van der Waals surface area contributed by atoms with Gasteiger partial charge in [-0.3, -0.25) is 0 Å². The molecule has 1 aliphatic carbocycles. The highest BCUT2D eigenvalue weighted by Crippen LogP contribution is 2.26. The number of carbonyl (C=O) groups excluding carboxylic acids is 1. The highest BCUT2D eigenvalue weighted by Gasteiger charge is 2.27. The van der Waals surface area contributed by atoms with Crippen LogP contribution in [0.5, 0.6) is 0 Å². The van der Waals surface area contributed by atoms with E-state index < -0.39 is 0 Å². The Morgan fingerprint density at radius 3 is 2.44 bits per heavy atom. The summed E-state index contributed by atoms with van der Waals surface area (Å²) in [6.07, 6.45) is 8.79. The fourth-order valence-electron chi connectivity index (χ4n) is 3.15. The van der Waals surface area contributed by atoms with Gasteiger partial charge in [0.15, 0.2) is 0 Å². The topological polar surface area (TPSA) is 44.4 Å². The average Bonchev–Trinajstić information content (AvgIpc) is 2.91. The van der Waals surface area contributed by atoms with Crippen molar-refractivity contribution in [2.75, 3.05) is 19.6 Å². The van der Waals surface area contributed by atoms with Crippen LogP contribution in [0.3, 0.4) is 0 Å². The van der Waals surface area contributed by atoms with Gasteiger partial charge in [-0.05, 0) is 32.1 Å². The van der Waals surface area contributed by atoms with Gasteiger partial charge in [0.2, 0.25) is 0 Å². The monoisotopic (exact) mass is 253 g/mol. The minimum absolute atomic E-state index is 0.0103. The number of hydrogen-bond donors (Lipinski definition) is 2. The first-order valence-electron chi connectivity index (χ1n) is 7.58. The first-order valence-corrected chi connectivity index (χ1v) is 7.58. The third-order valence-electron chi connectivity index (χ3n) is 4.24. The van der Waals surface area contributed by atoms with Crippen molar-refractivity contribution in [3.8, 4) is 0 Å². The minimum atomic E-state index is 0.0103. The quantitative estimate of drug-likeness (QED) is 0.806. The second-order valence-electron chi connectivity index (χ2n) is 5.65. The van der Waals surface area contributed by atoms with E-state index in [-0.39, 0.29) is 6.03 Å². The Labute approximate surface area is 110 Å². The van der Waals surface area contributed by atoms with Crippen molar-refractivity contribution in [2.24, 2.45) is 0 Å².